The van der Waals surface area contributed by atoms with Crippen molar-refractivity contribution in [1.29, 1.82) is 0 Å². The molecule has 2 nitrogen and oxygen atoms in total. The van der Waals surface area contributed by atoms with Crippen molar-refractivity contribution < 1.29 is 23.0 Å². The zero-order chi connectivity index (χ0) is 14.9. The fraction of sp³-hybridized carbons (Fsp3) is 0.200. The number of phenolic OH excluding ortho intramolecular Hbond substituents is 1. The van der Waals surface area contributed by atoms with Crippen LogP contribution in [0.3, 0.4) is 0 Å². The second-order valence-electron chi connectivity index (χ2n) is 4.53. The lowest BCUT2D eigenvalue weighted by Gasteiger charge is -2.12. The van der Waals surface area contributed by atoms with Crippen LogP contribution in [0.25, 0.3) is 11.1 Å². The van der Waals surface area contributed by atoms with Crippen molar-refractivity contribution in [3.63, 3.8) is 0 Å². The molecule has 0 unspecified atom stereocenters. The molecule has 0 aliphatic heterocycles. The summed E-state index contributed by atoms with van der Waals surface area (Å²) in [4.78, 5) is 0. The van der Waals surface area contributed by atoms with Gasteiger partial charge in [-0.25, -0.2) is 0 Å². The summed E-state index contributed by atoms with van der Waals surface area (Å²) < 4.78 is 40.6. The van der Waals surface area contributed by atoms with Crippen LogP contribution >= 0.6 is 0 Å². The van der Waals surface area contributed by atoms with Crippen molar-refractivity contribution in [1.82, 2.24) is 0 Å². The normalized spacial score (nSPS) is 11.4. The van der Waals surface area contributed by atoms with E-state index in [9.17, 15) is 18.3 Å². The van der Waals surface area contributed by atoms with Gasteiger partial charge in [0.15, 0.2) is 0 Å². The molecule has 2 aromatic carbocycles. The minimum atomic E-state index is -4.71. The first-order valence-corrected chi connectivity index (χ1v) is 5.92. The number of hydrogen-bond donors (Lipinski definition) is 1. The van der Waals surface area contributed by atoms with E-state index >= 15 is 0 Å². The Kier molecular flexibility index (Phi) is 3.61. The Morgan fingerprint density at radius 3 is 2.35 bits per heavy atom. The molecule has 1 N–H and O–H groups in total. The van der Waals surface area contributed by atoms with Gasteiger partial charge >= 0.3 is 6.36 Å². The van der Waals surface area contributed by atoms with Gasteiger partial charge in [0.2, 0.25) is 0 Å². The summed E-state index contributed by atoms with van der Waals surface area (Å²) in [7, 11) is 0. The number of alkyl halides is 3. The highest BCUT2D eigenvalue weighted by molar-refractivity contribution is 5.70. The first kappa shape index (κ1) is 14.2. The third-order valence-electron chi connectivity index (χ3n) is 2.92. The lowest BCUT2D eigenvalue weighted by atomic mass is 9.98. The standard InChI is InChI=1S/C15H13F3O2/c1-9-7-14(19)10(2)6-13(9)11-4-3-5-12(8-11)20-15(16,17)18/h3-8,19H,1-2H3. The average molecular weight is 282 g/mol. The minimum absolute atomic E-state index is 0.161. The molecule has 0 saturated heterocycles. The molecule has 0 amide bonds. The molecule has 5 heteroatoms. The topological polar surface area (TPSA) is 29.5 Å². The molecule has 0 spiro atoms. The largest absolute Gasteiger partial charge is 0.573 e. The average Bonchev–Trinajstić information content (AvgIpc) is 2.32. The summed E-state index contributed by atoms with van der Waals surface area (Å²) in [5, 5.41) is 9.61. The molecule has 0 heterocycles. The first-order valence-electron chi connectivity index (χ1n) is 5.92. The maximum Gasteiger partial charge on any atom is 0.573 e. The van der Waals surface area contributed by atoms with Gasteiger partial charge in [0.25, 0.3) is 0 Å². The van der Waals surface area contributed by atoms with E-state index in [-0.39, 0.29) is 11.5 Å². The summed E-state index contributed by atoms with van der Waals surface area (Å²) in [5.74, 6) is -0.103. The van der Waals surface area contributed by atoms with Crippen LogP contribution in [0.15, 0.2) is 36.4 Å². The fourth-order valence-electron chi connectivity index (χ4n) is 1.97. The summed E-state index contributed by atoms with van der Waals surface area (Å²) in [6, 6.07) is 9.09. The summed E-state index contributed by atoms with van der Waals surface area (Å²) in [5.41, 5.74) is 2.80. The number of ether oxygens (including phenoxy) is 1. The highest BCUT2D eigenvalue weighted by Crippen LogP contribution is 2.32. The van der Waals surface area contributed by atoms with Crippen molar-refractivity contribution >= 4 is 0 Å². The lowest BCUT2D eigenvalue weighted by molar-refractivity contribution is -0.274. The van der Waals surface area contributed by atoms with Crippen molar-refractivity contribution in [2.24, 2.45) is 0 Å². The van der Waals surface area contributed by atoms with Crippen molar-refractivity contribution in [3.8, 4) is 22.6 Å². The Hall–Kier alpha value is -2.17. The van der Waals surface area contributed by atoms with E-state index < -0.39 is 6.36 Å². The maximum atomic E-state index is 12.2. The van der Waals surface area contributed by atoms with Crippen LogP contribution in [0.5, 0.6) is 11.5 Å². The summed E-state index contributed by atoms with van der Waals surface area (Å²) >= 11 is 0. The van der Waals surface area contributed by atoms with Gasteiger partial charge in [-0.2, -0.15) is 0 Å². The minimum Gasteiger partial charge on any atom is -0.508 e. The molecule has 0 aromatic heterocycles. The van der Waals surface area contributed by atoms with Gasteiger partial charge < -0.3 is 9.84 Å². The van der Waals surface area contributed by atoms with Crippen molar-refractivity contribution in [2.75, 3.05) is 0 Å². The highest BCUT2D eigenvalue weighted by atomic mass is 19.4. The Balaban J connectivity index is 2.44. The molecular formula is C15H13F3O2. The predicted molar refractivity (Wildman–Crippen MR) is 69.7 cm³/mol. The third kappa shape index (κ3) is 3.23. The molecule has 106 valence electrons. The summed E-state index contributed by atoms with van der Waals surface area (Å²) in [6.45, 7) is 3.51. The van der Waals surface area contributed by atoms with E-state index in [4.69, 9.17) is 0 Å². The molecule has 0 radical (unpaired) electrons. The molecule has 0 aliphatic rings. The van der Waals surface area contributed by atoms with Crippen LogP contribution in [0.1, 0.15) is 11.1 Å². The number of hydrogen-bond acceptors (Lipinski definition) is 2. The van der Waals surface area contributed by atoms with Crippen molar-refractivity contribution in [3.05, 3.63) is 47.5 Å². The number of rotatable bonds is 2. The van der Waals surface area contributed by atoms with Crippen LogP contribution in [0, 0.1) is 13.8 Å². The van der Waals surface area contributed by atoms with E-state index in [1.54, 1.807) is 32.0 Å². The zero-order valence-corrected chi connectivity index (χ0v) is 11.0. The SMILES string of the molecule is Cc1cc(-c2cccc(OC(F)(F)F)c2)c(C)cc1O. The van der Waals surface area contributed by atoms with Gasteiger partial charge in [0.1, 0.15) is 11.5 Å². The van der Waals surface area contributed by atoms with Gasteiger partial charge in [-0.1, -0.05) is 12.1 Å². The molecule has 0 aliphatic carbocycles. The third-order valence-corrected chi connectivity index (χ3v) is 2.92. The number of phenols is 1. The van der Waals surface area contributed by atoms with E-state index in [0.717, 1.165) is 11.1 Å². The van der Waals surface area contributed by atoms with E-state index in [2.05, 4.69) is 4.74 Å². The van der Waals surface area contributed by atoms with Crippen molar-refractivity contribution in [2.45, 2.75) is 20.2 Å². The molecular weight excluding hydrogens is 269 g/mol. The second kappa shape index (κ2) is 5.07. The van der Waals surface area contributed by atoms with Gasteiger partial charge in [0, 0.05) is 0 Å². The zero-order valence-electron chi connectivity index (χ0n) is 11.0. The van der Waals surface area contributed by atoms with Crippen LogP contribution in [-0.4, -0.2) is 11.5 Å². The van der Waals surface area contributed by atoms with E-state index in [1.165, 1.54) is 18.2 Å². The van der Waals surface area contributed by atoms with Gasteiger partial charge in [-0.05, 0) is 60.4 Å². The number of benzene rings is 2. The Labute approximate surface area is 114 Å². The Morgan fingerprint density at radius 2 is 1.70 bits per heavy atom. The molecule has 2 aromatic rings. The molecule has 0 bridgehead atoms. The Bertz CT molecular complexity index is 634. The number of aromatic hydroxyl groups is 1. The molecule has 0 atom stereocenters. The first-order chi connectivity index (χ1) is 9.26. The highest BCUT2D eigenvalue weighted by Gasteiger charge is 2.31. The number of halogens is 3. The lowest BCUT2D eigenvalue weighted by Crippen LogP contribution is -2.17. The molecule has 2 rings (SSSR count). The smallest absolute Gasteiger partial charge is 0.508 e. The molecule has 20 heavy (non-hydrogen) atoms. The van der Waals surface area contributed by atoms with Gasteiger partial charge in [-0.15, -0.1) is 13.2 Å². The van der Waals surface area contributed by atoms with E-state index in [1.807, 2.05) is 0 Å². The van der Waals surface area contributed by atoms with Crippen LogP contribution < -0.4 is 4.74 Å². The monoisotopic (exact) mass is 282 g/mol. The number of aryl methyl sites for hydroxylation is 2. The molecule has 0 saturated carbocycles. The Morgan fingerprint density at radius 1 is 1.00 bits per heavy atom. The predicted octanol–water partition coefficient (Wildman–Crippen LogP) is 4.57. The van der Waals surface area contributed by atoms with E-state index in [0.29, 0.717) is 11.1 Å². The van der Waals surface area contributed by atoms with Crippen LogP contribution in [-0.2, 0) is 0 Å². The molecule has 0 fully saturated rings. The quantitative estimate of drug-likeness (QED) is 0.874. The summed E-state index contributed by atoms with van der Waals surface area (Å²) in [6.07, 6.45) is -4.71. The van der Waals surface area contributed by atoms with Gasteiger partial charge in [0.05, 0.1) is 0 Å². The second-order valence-corrected chi connectivity index (χ2v) is 4.53. The van der Waals surface area contributed by atoms with Gasteiger partial charge in [-0.3, -0.25) is 0 Å². The van der Waals surface area contributed by atoms with Crippen LogP contribution in [0.4, 0.5) is 13.2 Å². The van der Waals surface area contributed by atoms with Crippen LogP contribution in [0.2, 0.25) is 0 Å². The maximum absolute atomic E-state index is 12.2. The fourth-order valence-corrected chi connectivity index (χ4v) is 1.97.